The van der Waals surface area contributed by atoms with E-state index in [9.17, 15) is 5.11 Å². The van der Waals surface area contributed by atoms with Gasteiger partial charge < -0.3 is 5.11 Å². The number of hydrogen-bond acceptors (Lipinski definition) is 2. The van der Waals surface area contributed by atoms with Crippen molar-refractivity contribution in [3.8, 4) is 23.7 Å². The first kappa shape index (κ1) is 8.17. The molecule has 0 heterocycles. The summed E-state index contributed by atoms with van der Waals surface area (Å²) in [4.78, 5) is 0. The molecule has 1 aromatic carbocycles. The van der Waals surface area contributed by atoms with E-state index >= 15 is 0 Å². The van der Waals surface area contributed by atoms with Gasteiger partial charge in [-0.2, -0.15) is 5.26 Å². The number of benzene rings is 1. The van der Waals surface area contributed by atoms with Crippen molar-refractivity contribution in [2.45, 2.75) is 6.92 Å². The lowest BCUT2D eigenvalue weighted by Crippen LogP contribution is -1.78. The van der Waals surface area contributed by atoms with Crippen molar-refractivity contribution >= 4 is 0 Å². The minimum atomic E-state index is 0.114. The molecule has 58 valence electrons. The number of hydrogen-bond donors (Lipinski definition) is 1. The van der Waals surface area contributed by atoms with Gasteiger partial charge >= 0.3 is 0 Å². The lowest BCUT2D eigenvalue weighted by molar-refractivity contribution is 0.473. The average molecular weight is 157 g/mol. The second-order valence-electron chi connectivity index (χ2n) is 2.38. The van der Waals surface area contributed by atoms with E-state index in [-0.39, 0.29) is 5.75 Å². The number of phenols is 1. The molecule has 0 aliphatic rings. The van der Waals surface area contributed by atoms with Crippen LogP contribution in [0.2, 0.25) is 0 Å². The van der Waals surface area contributed by atoms with Crippen LogP contribution in [0.25, 0.3) is 0 Å². The zero-order chi connectivity index (χ0) is 8.97. The minimum absolute atomic E-state index is 0.114. The molecule has 2 heteroatoms. The van der Waals surface area contributed by atoms with E-state index in [1.54, 1.807) is 24.3 Å². The summed E-state index contributed by atoms with van der Waals surface area (Å²) in [6, 6.07) is 6.78. The Hall–Kier alpha value is -1.93. The quantitative estimate of drug-likeness (QED) is 0.581. The predicted molar refractivity (Wildman–Crippen MR) is 45.3 cm³/mol. The van der Waals surface area contributed by atoms with Crippen LogP contribution in [0.1, 0.15) is 11.1 Å². The molecule has 0 amide bonds. The number of aromatic hydroxyl groups is 1. The Balaban J connectivity index is 3.16. The van der Waals surface area contributed by atoms with E-state index in [1.165, 1.54) is 0 Å². The van der Waals surface area contributed by atoms with Crippen LogP contribution in [0.3, 0.4) is 0 Å². The Morgan fingerprint density at radius 1 is 1.42 bits per heavy atom. The Bertz CT molecular complexity index is 391. The second kappa shape index (κ2) is 3.46. The van der Waals surface area contributed by atoms with Crippen molar-refractivity contribution in [2.75, 3.05) is 0 Å². The van der Waals surface area contributed by atoms with E-state index in [0.717, 1.165) is 5.56 Å². The fourth-order valence-electron chi connectivity index (χ4n) is 0.845. The van der Waals surface area contributed by atoms with Gasteiger partial charge in [0.05, 0.1) is 5.56 Å². The molecular weight excluding hydrogens is 150 g/mol. The summed E-state index contributed by atoms with van der Waals surface area (Å²) in [5.74, 6) is 4.88. The summed E-state index contributed by atoms with van der Waals surface area (Å²) in [6.45, 7) is 1.90. The highest BCUT2D eigenvalue weighted by molar-refractivity contribution is 5.48. The van der Waals surface area contributed by atoms with Gasteiger partial charge in [-0.3, -0.25) is 0 Å². The van der Waals surface area contributed by atoms with Gasteiger partial charge in [0.25, 0.3) is 0 Å². The molecule has 1 N–H and O–H groups in total. The molecule has 0 radical (unpaired) electrons. The van der Waals surface area contributed by atoms with Crippen LogP contribution < -0.4 is 0 Å². The highest BCUT2D eigenvalue weighted by Crippen LogP contribution is 2.16. The summed E-state index contributed by atoms with van der Waals surface area (Å²) in [5, 5.41) is 17.4. The Kier molecular flexibility index (Phi) is 2.35. The SMILES string of the molecule is Cc1ccc(O)c(C#CC#N)c1. The van der Waals surface area contributed by atoms with E-state index in [4.69, 9.17) is 5.26 Å². The van der Waals surface area contributed by atoms with Crippen LogP contribution in [0.4, 0.5) is 0 Å². The van der Waals surface area contributed by atoms with E-state index < -0.39 is 0 Å². The van der Waals surface area contributed by atoms with E-state index in [0.29, 0.717) is 5.56 Å². The Morgan fingerprint density at radius 3 is 2.83 bits per heavy atom. The lowest BCUT2D eigenvalue weighted by Gasteiger charge is -1.96. The van der Waals surface area contributed by atoms with Gasteiger partial charge in [0.2, 0.25) is 0 Å². The fraction of sp³-hybridized carbons (Fsp3) is 0.100. The van der Waals surface area contributed by atoms with Crippen LogP contribution in [0, 0.1) is 30.1 Å². The van der Waals surface area contributed by atoms with Crippen molar-refractivity contribution in [3.63, 3.8) is 0 Å². The van der Waals surface area contributed by atoms with Crippen LogP contribution in [-0.2, 0) is 0 Å². The summed E-state index contributed by atoms with van der Waals surface area (Å²) in [5.41, 5.74) is 1.51. The third-order valence-electron chi connectivity index (χ3n) is 1.41. The first-order chi connectivity index (χ1) is 5.74. The summed E-state index contributed by atoms with van der Waals surface area (Å²) < 4.78 is 0. The Morgan fingerprint density at radius 2 is 2.17 bits per heavy atom. The van der Waals surface area contributed by atoms with Crippen molar-refractivity contribution in [1.82, 2.24) is 0 Å². The van der Waals surface area contributed by atoms with Crippen LogP contribution in [0.15, 0.2) is 18.2 Å². The molecule has 0 aromatic heterocycles. The highest BCUT2D eigenvalue weighted by atomic mass is 16.3. The molecule has 12 heavy (non-hydrogen) atoms. The maximum Gasteiger partial charge on any atom is 0.152 e. The van der Waals surface area contributed by atoms with Crippen LogP contribution >= 0.6 is 0 Å². The average Bonchev–Trinajstić information content (AvgIpc) is 2.07. The molecule has 0 spiro atoms. The molecule has 1 aromatic rings. The van der Waals surface area contributed by atoms with Gasteiger partial charge in [-0.15, -0.1) is 0 Å². The number of nitriles is 1. The molecule has 2 nitrogen and oxygen atoms in total. The number of nitrogens with zero attached hydrogens (tertiary/aromatic N) is 1. The molecule has 1 rings (SSSR count). The number of aryl methyl sites for hydroxylation is 1. The molecule has 0 unspecified atom stereocenters. The largest absolute Gasteiger partial charge is 0.507 e. The topological polar surface area (TPSA) is 44.0 Å². The van der Waals surface area contributed by atoms with Gasteiger partial charge in [0.1, 0.15) is 5.75 Å². The second-order valence-corrected chi connectivity index (χ2v) is 2.38. The zero-order valence-electron chi connectivity index (χ0n) is 6.63. The zero-order valence-corrected chi connectivity index (χ0v) is 6.63. The molecule has 0 saturated heterocycles. The molecule has 0 bridgehead atoms. The lowest BCUT2D eigenvalue weighted by atomic mass is 10.1. The first-order valence-corrected chi connectivity index (χ1v) is 3.44. The molecule has 0 atom stereocenters. The molecule has 0 saturated carbocycles. The standard InChI is InChI=1S/C10H7NO/c1-8-4-5-10(12)9(7-8)3-2-6-11/h4-5,7,12H,1H3. The third kappa shape index (κ3) is 1.78. The maximum absolute atomic E-state index is 9.25. The maximum atomic E-state index is 9.25. The summed E-state index contributed by atoms with van der Waals surface area (Å²) >= 11 is 0. The van der Waals surface area contributed by atoms with Crippen molar-refractivity contribution < 1.29 is 5.11 Å². The monoisotopic (exact) mass is 157 g/mol. The normalized spacial score (nSPS) is 8.00. The summed E-state index contributed by atoms with van der Waals surface area (Å²) in [6.07, 6.45) is 0. The molecule has 0 aliphatic carbocycles. The van der Waals surface area contributed by atoms with Gasteiger partial charge in [-0.1, -0.05) is 6.07 Å². The third-order valence-corrected chi connectivity index (χ3v) is 1.41. The van der Waals surface area contributed by atoms with Crippen molar-refractivity contribution in [1.29, 1.82) is 5.26 Å². The highest BCUT2D eigenvalue weighted by Gasteiger charge is 1.95. The number of phenolic OH excluding ortho intramolecular Hbond substituents is 1. The molecule has 0 fully saturated rings. The molecule has 0 aliphatic heterocycles. The number of rotatable bonds is 0. The van der Waals surface area contributed by atoms with Gasteiger partial charge in [-0.05, 0) is 30.5 Å². The predicted octanol–water partition coefficient (Wildman–Crippen LogP) is 1.58. The Labute approximate surface area is 71.1 Å². The fourth-order valence-corrected chi connectivity index (χ4v) is 0.845. The minimum Gasteiger partial charge on any atom is -0.507 e. The van der Waals surface area contributed by atoms with Gasteiger partial charge in [0.15, 0.2) is 6.07 Å². The van der Waals surface area contributed by atoms with Crippen LogP contribution in [-0.4, -0.2) is 5.11 Å². The smallest absolute Gasteiger partial charge is 0.152 e. The van der Waals surface area contributed by atoms with E-state index in [2.05, 4.69) is 11.8 Å². The molecular formula is C10H7NO. The first-order valence-electron chi connectivity index (χ1n) is 3.44. The van der Waals surface area contributed by atoms with Crippen molar-refractivity contribution in [2.24, 2.45) is 0 Å². The van der Waals surface area contributed by atoms with Gasteiger partial charge in [-0.25, -0.2) is 0 Å². The van der Waals surface area contributed by atoms with Gasteiger partial charge in [0, 0.05) is 5.92 Å². The van der Waals surface area contributed by atoms with Crippen molar-refractivity contribution in [3.05, 3.63) is 29.3 Å². The summed E-state index contributed by atoms with van der Waals surface area (Å²) in [7, 11) is 0. The van der Waals surface area contributed by atoms with Crippen LogP contribution in [0.5, 0.6) is 5.75 Å². The van der Waals surface area contributed by atoms with E-state index in [1.807, 2.05) is 6.92 Å².